The summed E-state index contributed by atoms with van der Waals surface area (Å²) in [6.07, 6.45) is 4.64. The lowest BCUT2D eigenvalue weighted by atomic mass is 9.83. The molecule has 2 saturated heterocycles. The van der Waals surface area contributed by atoms with Crippen molar-refractivity contribution in [2.75, 3.05) is 103 Å². The monoisotopic (exact) mass is 736 g/mol. The van der Waals surface area contributed by atoms with E-state index in [9.17, 15) is 19.2 Å². The first-order valence-corrected chi connectivity index (χ1v) is 19.0. The first kappa shape index (κ1) is 36.0. The van der Waals surface area contributed by atoms with Gasteiger partial charge in [-0.3, -0.25) is 29.0 Å². The van der Waals surface area contributed by atoms with E-state index in [0.717, 1.165) is 78.3 Å². The minimum Gasteiger partial charge on any atom is -0.467 e. The van der Waals surface area contributed by atoms with E-state index in [1.807, 2.05) is 0 Å². The van der Waals surface area contributed by atoms with E-state index >= 15 is 0 Å². The molecule has 8 rings (SSSR count). The minimum atomic E-state index is -0.507. The molecule has 0 atom stereocenters. The van der Waals surface area contributed by atoms with Crippen molar-refractivity contribution in [3.8, 4) is 0 Å². The Bertz CT molecular complexity index is 1890. The number of hydrogen-bond acceptors (Lipinski definition) is 12. The molecule has 2 aromatic carbocycles. The molecule has 0 aliphatic carbocycles. The predicted octanol–water partition coefficient (Wildman–Crippen LogP) is 3.72. The fourth-order valence-electron chi connectivity index (χ4n) is 8.04. The fraction of sp³-hybridized carbons (Fsp3) is 0.450. The van der Waals surface area contributed by atoms with Gasteiger partial charge in [-0.25, -0.2) is 0 Å². The lowest BCUT2D eigenvalue weighted by Gasteiger charge is -2.34. The van der Waals surface area contributed by atoms with Crippen LogP contribution in [0.2, 0.25) is 0 Å². The SMILES string of the molecule is CN1CCN(CCCNc2cc3c4c(c(NCCCN5CCN(C)CC5)cc5c4c2C(=O)N(Cc2ccco2)C5=O)C(=O)N(Cc2ccco2)C3=O)CC1. The highest BCUT2D eigenvalue weighted by Gasteiger charge is 2.43. The normalized spacial score (nSPS) is 18.7. The molecule has 54 heavy (non-hydrogen) atoms. The highest BCUT2D eigenvalue weighted by molar-refractivity contribution is 6.36. The number of carbonyl (C=O) groups is 4. The third-order valence-electron chi connectivity index (χ3n) is 11.2. The van der Waals surface area contributed by atoms with Gasteiger partial charge in [-0.05, 0) is 76.4 Å². The zero-order valence-corrected chi connectivity index (χ0v) is 31.1. The van der Waals surface area contributed by atoms with Crippen LogP contribution < -0.4 is 10.6 Å². The average Bonchev–Trinajstić information content (AvgIpc) is 3.90. The largest absolute Gasteiger partial charge is 0.467 e. The number of furan rings is 2. The van der Waals surface area contributed by atoms with Gasteiger partial charge >= 0.3 is 0 Å². The maximum atomic E-state index is 14.5. The Kier molecular flexibility index (Phi) is 10.2. The van der Waals surface area contributed by atoms with Crippen molar-refractivity contribution in [2.24, 2.45) is 0 Å². The molecular weight excluding hydrogens is 688 g/mol. The Morgan fingerprint density at radius 2 is 0.981 bits per heavy atom. The molecule has 0 radical (unpaired) electrons. The lowest BCUT2D eigenvalue weighted by molar-refractivity contribution is 0.0567. The molecule has 6 heterocycles. The van der Waals surface area contributed by atoms with Crippen LogP contribution in [-0.4, -0.2) is 146 Å². The van der Waals surface area contributed by atoms with Crippen LogP contribution in [0.5, 0.6) is 0 Å². The summed E-state index contributed by atoms with van der Waals surface area (Å²) >= 11 is 0. The number of nitrogens with zero attached hydrogens (tertiary/aromatic N) is 6. The summed E-state index contributed by atoms with van der Waals surface area (Å²) in [6.45, 7) is 10.8. The zero-order valence-electron chi connectivity index (χ0n) is 31.1. The summed E-state index contributed by atoms with van der Waals surface area (Å²) < 4.78 is 11.1. The summed E-state index contributed by atoms with van der Waals surface area (Å²) in [6, 6.07) is 10.3. The van der Waals surface area contributed by atoms with Crippen LogP contribution in [0.4, 0.5) is 11.4 Å². The summed E-state index contributed by atoms with van der Waals surface area (Å²) in [4.78, 5) is 69.7. The highest BCUT2D eigenvalue weighted by Crippen LogP contribution is 2.45. The minimum absolute atomic E-state index is 0.0550. The van der Waals surface area contributed by atoms with Crippen molar-refractivity contribution in [3.63, 3.8) is 0 Å². The maximum absolute atomic E-state index is 14.5. The Balaban J connectivity index is 1.18. The first-order valence-electron chi connectivity index (χ1n) is 19.0. The molecule has 14 nitrogen and oxygen atoms in total. The number of nitrogens with one attached hydrogen (secondary N) is 2. The van der Waals surface area contributed by atoms with Gasteiger partial charge in [0.1, 0.15) is 11.5 Å². The number of hydrogen-bond donors (Lipinski definition) is 2. The van der Waals surface area contributed by atoms with Gasteiger partial charge in [-0.15, -0.1) is 0 Å². The number of carbonyl (C=O) groups excluding carboxylic acids is 4. The molecule has 4 aliphatic heterocycles. The van der Waals surface area contributed by atoms with E-state index in [-0.39, 0.29) is 35.3 Å². The van der Waals surface area contributed by atoms with Crippen molar-refractivity contribution in [1.29, 1.82) is 0 Å². The van der Waals surface area contributed by atoms with Crippen LogP contribution in [-0.2, 0) is 13.1 Å². The van der Waals surface area contributed by atoms with Gasteiger partial charge in [0.2, 0.25) is 0 Å². The van der Waals surface area contributed by atoms with Gasteiger partial charge in [-0.1, -0.05) is 0 Å². The molecule has 0 saturated carbocycles. The molecule has 0 unspecified atom stereocenters. The zero-order chi connectivity index (χ0) is 37.3. The number of rotatable bonds is 14. The summed E-state index contributed by atoms with van der Waals surface area (Å²) in [5, 5.41) is 7.61. The Morgan fingerprint density at radius 3 is 1.35 bits per heavy atom. The molecule has 4 aromatic rings. The van der Waals surface area contributed by atoms with Crippen molar-refractivity contribution >= 4 is 45.8 Å². The van der Waals surface area contributed by atoms with E-state index in [2.05, 4.69) is 44.3 Å². The topological polar surface area (TPSA) is 138 Å². The van der Waals surface area contributed by atoms with E-state index in [1.54, 1.807) is 36.4 Å². The predicted molar refractivity (Wildman–Crippen MR) is 204 cm³/mol. The number of amides is 4. The quantitative estimate of drug-likeness (QED) is 0.144. The van der Waals surface area contributed by atoms with E-state index in [4.69, 9.17) is 8.83 Å². The van der Waals surface area contributed by atoms with Crippen molar-refractivity contribution < 1.29 is 28.0 Å². The molecule has 0 spiro atoms. The van der Waals surface area contributed by atoms with Gasteiger partial charge in [0.25, 0.3) is 23.6 Å². The van der Waals surface area contributed by atoms with Crippen LogP contribution in [0.3, 0.4) is 0 Å². The van der Waals surface area contributed by atoms with Crippen LogP contribution in [0.25, 0.3) is 10.8 Å². The van der Waals surface area contributed by atoms with E-state index in [1.165, 1.54) is 22.3 Å². The third kappa shape index (κ3) is 7.02. The molecule has 284 valence electrons. The molecule has 14 heteroatoms. The van der Waals surface area contributed by atoms with Crippen molar-refractivity contribution in [3.05, 3.63) is 82.7 Å². The first-order chi connectivity index (χ1) is 26.3. The van der Waals surface area contributed by atoms with Crippen molar-refractivity contribution in [2.45, 2.75) is 25.9 Å². The molecule has 0 bridgehead atoms. The standard InChI is InChI=1S/C40H48N8O6/c1-43-13-17-45(18-14-43)11-5-9-41-31-23-29-34-33-30(38(50)47(39(51)35(31)33)25-27-7-3-21-53-27)24-32(42-10-6-12-46-19-15-44(2)16-20-46)36(34)40(52)48(37(29)49)26-28-8-4-22-54-28/h3-4,7-8,21-24,41-42H,5-6,9-20,25-26H2,1-2H3. The van der Waals surface area contributed by atoms with E-state index < -0.39 is 23.6 Å². The number of benzene rings is 2. The smallest absolute Gasteiger partial charge is 0.263 e. The van der Waals surface area contributed by atoms with Crippen LogP contribution in [0.1, 0.15) is 65.8 Å². The second-order valence-electron chi connectivity index (χ2n) is 14.8. The molecule has 2 N–H and O–H groups in total. The number of piperazine rings is 2. The number of imide groups is 2. The van der Waals surface area contributed by atoms with Gasteiger partial charge in [0.15, 0.2) is 0 Å². The number of likely N-dealkylation sites (N-methyl/N-ethyl adjacent to an activating group) is 2. The molecule has 4 amide bonds. The maximum Gasteiger partial charge on any atom is 0.263 e. The summed E-state index contributed by atoms with van der Waals surface area (Å²) in [7, 11) is 4.26. The summed E-state index contributed by atoms with van der Waals surface area (Å²) in [5.74, 6) is -1.09. The van der Waals surface area contributed by atoms with Crippen LogP contribution >= 0.6 is 0 Å². The number of anilines is 2. The van der Waals surface area contributed by atoms with Gasteiger partial charge in [0, 0.05) is 87.6 Å². The molecule has 2 fully saturated rings. The molecule has 2 aromatic heterocycles. The average molecular weight is 737 g/mol. The third-order valence-corrected chi connectivity index (χ3v) is 11.2. The van der Waals surface area contributed by atoms with Gasteiger partial charge < -0.3 is 39.1 Å². The Hall–Kier alpha value is -5.02. The van der Waals surface area contributed by atoms with E-state index in [0.29, 0.717) is 46.8 Å². The lowest BCUT2D eigenvalue weighted by Crippen LogP contribution is -2.45. The fourth-order valence-corrected chi connectivity index (χ4v) is 8.04. The van der Waals surface area contributed by atoms with Crippen molar-refractivity contribution in [1.82, 2.24) is 29.4 Å². The van der Waals surface area contributed by atoms with Crippen LogP contribution in [0.15, 0.2) is 57.8 Å². The second-order valence-corrected chi connectivity index (χ2v) is 14.8. The Morgan fingerprint density at radius 1 is 0.574 bits per heavy atom. The highest BCUT2D eigenvalue weighted by atomic mass is 16.3. The van der Waals surface area contributed by atoms with Crippen LogP contribution in [0, 0.1) is 0 Å². The van der Waals surface area contributed by atoms with Gasteiger partial charge in [-0.2, -0.15) is 0 Å². The molecular formula is C40H48N8O6. The Labute approximate surface area is 314 Å². The molecule has 4 aliphatic rings. The summed E-state index contributed by atoms with van der Waals surface area (Å²) in [5.41, 5.74) is 1.99. The second kappa shape index (κ2) is 15.4. The van der Waals surface area contributed by atoms with Gasteiger partial charge in [0.05, 0.1) is 47.9 Å².